The predicted octanol–water partition coefficient (Wildman–Crippen LogP) is 1.22. The molecular formula is C10H11N3O. The summed E-state index contributed by atoms with van der Waals surface area (Å²) < 4.78 is 0. The van der Waals surface area contributed by atoms with Gasteiger partial charge in [-0.2, -0.15) is 0 Å². The van der Waals surface area contributed by atoms with Crippen molar-refractivity contribution in [3.8, 4) is 0 Å². The average molecular weight is 189 g/mol. The van der Waals surface area contributed by atoms with Gasteiger partial charge in [-0.15, -0.1) is 5.10 Å². The van der Waals surface area contributed by atoms with E-state index in [0.717, 1.165) is 11.3 Å². The average Bonchev–Trinajstić information content (AvgIpc) is 2.63. The van der Waals surface area contributed by atoms with Crippen LogP contribution in [0.4, 0.5) is 0 Å². The van der Waals surface area contributed by atoms with Gasteiger partial charge >= 0.3 is 0 Å². The third kappa shape index (κ3) is 1.90. The Morgan fingerprint density at radius 3 is 2.71 bits per heavy atom. The molecule has 0 aliphatic carbocycles. The molecule has 1 heterocycles. The first-order valence-electron chi connectivity index (χ1n) is 4.41. The molecule has 0 unspecified atom stereocenters. The molecule has 1 aromatic carbocycles. The maximum absolute atomic E-state index is 5.41. The Morgan fingerprint density at radius 1 is 1.29 bits per heavy atom. The monoisotopic (exact) mass is 189 g/mol. The van der Waals surface area contributed by atoms with Gasteiger partial charge in [-0.25, -0.2) is 0 Å². The summed E-state index contributed by atoms with van der Waals surface area (Å²) in [5.41, 5.74) is 2.00. The number of aromatic nitrogens is 3. The maximum atomic E-state index is 5.41. The number of nitrogens with zero attached hydrogens (tertiary/aromatic N) is 3. The second-order valence-corrected chi connectivity index (χ2v) is 3.01. The van der Waals surface area contributed by atoms with Gasteiger partial charge in [-0.1, -0.05) is 35.2 Å². The standard InChI is InChI=1S/C10H11N3O/c1-9-7-11-12-13(9)14-8-10-5-3-2-4-6-10/h2-7H,8H2,1H3. The summed E-state index contributed by atoms with van der Waals surface area (Å²) >= 11 is 0. The molecule has 0 spiro atoms. The quantitative estimate of drug-likeness (QED) is 0.728. The largest absolute Gasteiger partial charge is 0.390 e. The highest BCUT2D eigenvalue weighted by Gasteiger charge is 1.98. The molecule has 2 aromatic rings. The second-order valence-electron chi connectivity index (χ2n) is 3.01. The highest BCUT2D eigenvalue weighted by Crippen LogP contribution is 1.99. The second kappa shape index (κ2) is 3.91. The minimum absolute atomic E-state index is 0.505. The van der Waals surface area contributed by atoms with E-state index >= 15 is 0 Å². The number of benzene rings is 1. The van der Waals surface area contributed by atoms with Crippen LogP contribution >= 0.6 is 0 Å². The van der Waals surface area contributed by atoms with Crippen LogP contribution in [0, 0.1) is 6.92 Å². The third-order valence-electron chi connectivity index (χ3n) is 1.88. The van der Waals surface area contributed by atoms with Gasteiger partial charge in [0.05, 0.1) is 11.9 Å². The van der Waals surface area contributed by atoms with Crippen LogP contribution in [0.15, 0.2) is 36.5 Å². The van der Waals surface area contributed by atoms with Gasteiger partial charge in [0.25, 0.3) is 0 Å². The van der Waals surface area contributed by atoms with Crippen molar-refractivity contribution in [1.82, 2.24) is 15.2 Å². The zero-order chi connectivity index (χ0) is 9.80. The molecule has 0 N–H and O–H groups in total. The Labute approximate surface area is 82.1 Å². The lowest BCUT2D eigenvalue weighted by atomic mass is 10.2. The van der Waals surface area contributed by atoms with E-state index in [9.17, 15) is 0 Å². The molecule has 4 heteroatoms. The van der Waals surface area contributed by atoms with Crippen molar-refractivity contribution in [3.05, 3.63) is 47.8 Å². The lowest BCUT2D eigenvalue weighted by Gasteiger charge is -2.05. The molecule has 0 radical (unpaired) electrons. The van der Waals surface area contributed by atoms with Crippen LogP contribution in [0.2, 0.25) is 0 Å². The zero-order valence-corrected chi connectivity index (χ0v) is 7.92. The van der Waals surface area contributed by atoms with E-state index in [0.29, 0.717) is 6.61 Å². The van der Waals surface area contributed by atoms with E-state index in [1.165, 1.54) is 4.85 Å². The molecule has 0 saturated carbocycles. The molecular weight excluding hydrogens is 178 g/mol. The van der Waals surface area contributed by atoms with Gasteiger partial charge in [-0.05, 0) is 17.7 Å². The van der Waals surface area contributed by atoms with E-state index in [-0.39, 0.29) is 0 Å². The summed E-state index contributed by atoms with van der Waals surface area (Å²) in [6.07, 6.45) is 1.66. The summed E-state index contributed by atoms with van der Waals surface area (Å²) in [6.45, 7) is 2.40. The van der Waals surface area contributed by atoms with Crippen molar-refractivity contribution < 1.29 is 4.84 Å². The summed E-state index contributed by atoms with van der Waals surface area (Å²) in [7, 11) is 0. The molecule has 4 nitrogen and oxygen atoms in total. The molecule has 72 valence electrons. The fourth-order valence-electron chi connectivity index (χ4n) is 1.11. The van der Waals surface area contributed by atoms with E-state index in [1.54, 1.807) is 6.20 Å². The molecule has 0 atom stereocenters. The highest BCUT2D eigenvalue weighted by molar-refractivity contribution is 5.13. The number of rotatable bonds is 3. The minimum Gasteiger partial charge on any atom is -0.390 e. The zero-order valence-electron chi connectivity index (χ0n) is 7.92. The Morgan fingerprint density at radius 2 is 2.07 bits per heavy atom. The molecule has 0 amide bonds. The van der Waals surface area contributed by atoms with Gasteiger partial charge in [0.2, 0.25) is 0 Å². The maximum Gasteiger partial charge on any atom is 0.142 e. The molecule has 1 aromatic heterocycles. The molecule has 0 bridgehead atoms. The molecule has 14 heavy (non-hydrogen) atoms. The highest BCUT2D eigenvalue weighted by atomic mass is 16.7. The SMILES string of the molecule is Cc1cnnn1OCc1ccccc1. The van der Waals surface area contributed by atoms with Gasteiger partial charge in [-0.3, -0.25) is 0 Å². The van der Waals surface area contributed by atoms with Crippen molar-refractivity contribution >= 4 is 0 Å². The van der Waals surface area contributed by atoms with Crippen LogP contribution in [0.3, 0.4) is 0 Å². The van der Waals surface area contributed by atoms with Crippen LogP contribution in [0.5, 0.6) is 0 Å². The van der Waals surface area contributed by atoms with Crippen molar-refractivity contribution in [2.24, 2.45) is 0 Å². The van der Waals surface area contributed by atoms with Crippen molar-refractivity contribution in [2.45, 2.75) is 13.5 Å². The molecule has 0 fully saturated rings. The van der Waals surface area contributed by atoms with Crippen LogP contribution in [-0.2, 0) is 6.61 Å². The topological polar surface area (TPSA) is 39.9 Å². The number of hydrogen-bond acceptors (Lipinski definition) is 3. The van der Waals surface area contributed by atoms with E-state index in [4.69, 9.17) is 4.84 Å². The van der Waals surface area contributed by atoms with Gasteiger partial charge in [0.1, 0.15) is 6.61 Å². The van der Waals surface area contributed by atoms with Crippen molar-refractivity contribution in [1.29, 1.82) is 0 Å². The first kappa shape index (κ1) is 8.74. The van der Waals surface area contributed by atoms with Crippen molar-refractivity contribution in [2.75, 3.05) is 0 Å². The van der Waals surface area contributed by atoms with Crippen molar-refractivity contribution in [3.63, 3.8) is 0 Å². The molecule has 0 saturated heterocycles. The number of aryl methyl sites for hydroxylation is 1. The van der Waals surface area contributed by atoms with Gasteiger partial charge in [0.15, 0.2) is 0 Å². The Balaban J connectivity index is 1.99. The third-order valence-corrected chi connectivity index (χ3v) is 1.88. The normalized spacial score (nSPS) is 10.1. The Bertz CT molecular complexity index is 397. The summed E-state index contributed by atoms with van der Waals surface area (Å²) in [5.74, 6) is 0. The fraction of sp³-hybridized carbons (Fsp3) is 0.200. The number of hydrogen-bond donors (Lipinski definition) is 0. The first-order valence-corrected chi connectivity index (χ1v) is 4.41. The smallest absolute Gasteiger partial charge is 0.142 e. The van der Waals surface area contributed by atoms with Gasteiger partial charge in [0, 0.05) is 0 Å². The van der Waals surface area contributed by atoms with E-state index in [2.05, 4.69) is 10.3 Å². The van der Waals surface area contributed by atoms with Crippen LogP contribution in [0.25, 0.3) is 0 Å². The Hall–Kier alpha value is -1.84. The molecule has 2 rings (SSSR count). The van der Waals surface area contributed by atoms with Crippen LogP contribution in [-0.4, -0.2) is 15.2 Å². The lowest BCUT2D eigenvalue weighted by molar-refractivity contribution is 0.0619. The molecule has 0 aliphatic heterocycles. The Kier molecular flexibility index (Phi) is 2.44. The molecule has 0 aliphatic rings. The van der Waals surface area contributed by atoms with Crippen LogP contribution < -0.4 is 4.84 Å². The van der Waals surface area contributed by atoms with Gasteiger partial charge < -0.3 is 4.84 Å². The lowest BCUT2D eigenvalue weighted by Crippen LogP contribution is -2.14. The van der Waals surface area contributed by atoms with E-state index < -0.39 is 0 Å². The first-order chi connectivity index (χ1) is 6.86. The summed E-state index contributed by atoms with van der Waals surface area (Å²) in [5, 5.41) is 7.50. The van der Waals surface area contributed by atoms with Crippen LogP contribution in [0.1, 0.15) is 11.3 Å². The minimum atomic E-state index is 0.505. The summed E-state index contributed by atoms with van der Waals surface area (Å²) in [6, 6.07) is 9.95. The fourth-order valence-corrected chi connectivity index (χ4v) is 1.11. The summed E-state index contributed by atoms with van der Waals surface area (Å²) in [4.78, 5) is 6.83. The van der Waals surface area contributed by atoms with E-state index in [1.807, 2.05) is 37.3 Å². The predicted molar refractivity (Wildman–Crippen MR) is 51.5 cm³/mol.